The molecule has 7 heteroatoms. The summed E-state index contributed by atoms with van der Waals surface area (Å²) in [5.74, 6) is -0.408. The molecule has 104 valence electrons. The standard InChI is InChI=1S/C12H17N3O3S/c1-3-5-9(13)12(16)15-10-6-4-7-11(8(10)2)19(14,17)18/h3-4,6-7,9H,1,5,13H2,2H3,(H,15,16)(H2,14,17,18). The van der Waals surface area contributed by atoms with E-state index in [1.54, 1.807) is 13.0 Å². The fraction of sp³-hybridized carbons (Fsp3) is 0.250. The minimum absolute atomic E-state index is 0.0254. The highest BCUT2D eigenvalue weighted by atomic mass is 32.2. The van der Waals surface area contributed by atoms with Gasteiger partial charge in [-0.05, 0) is 31.0 Å². The minimum Gasteiger partial charge on any atom is -0.324 e. The third-order valence-electron chi connectivity index (χ3n) is 2.61. The maximum atomic E-state index is 11.8. The lowest BCUT2D eigenvalue weighted by Gasteiger charge is -2.14. The summed E-state index contributed by atoms with van der Waals surface area (Å²) in [6.45, 7) is 5.06. The van der Waals surface area contributed by atoms with E-state index in [0.717, 1.165) is 0 Å². The Balaban J connectivity index is 3.04. The highest BCUT2D eigenvalue weighted by Gasteiger charge is 2.17. The second-order valence-corrected chi connectivity index (χ2v) is 5.62. The number of nitrogens with two attached hydrogens (primary N) is 2. The molecular formula is C12H17N3O3S. The first-order valence-electron chi connectivity index (χ1n) is 5.57. The molecule has 5 N–H and O–H groups in total. The Labute approximate surface area is 112 Å². The van der Waals surface area contributed by atoms with Gasteiger partial charge in [-0.3, -0.25) is 4.79 Å². The molecule has 0 aliphatic carbocycles. The van der Waals surface area contributed by atoms with Crippen LogP contribution in [0.3, 0.4) is 0 Å². The summed E-state index contributed by atoms with van der Waals surface area (Å²) >= 11 is 0. The number of nitrogens with one attached hydrogen (secondary N) is 1. The lowest BCUT2D eigenvalue weighted by Crippen LogP contribution is -2.35. The molecular weight excluding hydrogens is 266 g/mol. The van der Waals surface area contributed by atoms with Crippen molar-refractivity contribution in [3.05, 3.63) is 36.4 Å². The van der Waals surface area contributed by atoms with E-state index in [0.29, 0.717) is 17.7 Å². The van der Waals surface area contributed by atoms with Crippen LogP contribution in [-0.2, 0) is 14.8 Å². The Morgan fingerprint density at radius 2 is 2.16 bits per heavy atom. The van der Waals surface area contributed by atoms with Crippen molar-refractivity contribution in [3.8, 4) is 0 Å². The fourth-order valence-electron chi connectivity index (χ4n) is 1.57. The zero-order chi connectivity index (χ0) is 14.6. The van der Waals surface area contributed by atoms with Crippen LogP contribution in [0.1, 0.15) is 12.0 Å². The first kappa shape index (κ1) is 15.4. The second kappa shape index (κ2) is 5.96. The van der Waals surface area contributed by atoms with E-state index in [9.17, 15) is 13.2 Å². The molecule has 6 nitrogen and oxygen atoms in total. The van der Waals surface area contributed by atoms with Crippen LogP contribution in [0.2, 0.25) is 0 Å². The number of hydrogen-bond donors (Lipinski definition) is 3. The zero-order valence-electron chi connectivity index (χ0n) is 10.6. The Morgan fingerprint density at radius 1 is 1.53 bits per heavy atom. The van der Waals surface area contributed by atoms with Crippen molar-refractivity contribution in [2.75, 3.05) is 5.32 Å². The van der Waals surface area contributed by atoms with Gasteiger partial charge < -0.3 is 11.1 Å². The summed E-state index contributed by atoms with van der Waals surface area (Å²) in [5, 5.41) is 7.66. The number of carbonyl (C=O) groups is 1. The van der Waals surface area contributed by atoms with Crippen molar-refractivity contribution in [1.82, 2.24) is 0 Å². The van der Waals surface area contributed by atoms with Crippen LogP contribution in [0.15, 0.2) is 35.7 Å². The van der Waals surface area contributed by atoms with Crippen molar-refractivity contribution in [3.63, 3.8) is 0 Å². The molecule has 0 aromatic heterocycles. The van der Waals surface area contributed by atoms with Gasteiger partial charge in [-0.2, -0.15) is 0 Å². The molecule has 0 fully saturated rings. The lowest BCUT2D eigenvalue weighted by molar-refractivity contribution is -0.117. The summed E-state index contributed by atoms with van der Waals surface area (Å²) in [6, 6.07) is 3.74. The van der Waals surface area contributed by atoms with Gasteiger partial charge in [0.25, 0.3) is 0 Å². The van der Waals surface area contributed by atoms with Crippen molar-refractivity contribution in [2.24, 2.45) is 10.9 Å². The summed E-state index contributed by atoms with van der Waals surface area (Å²) < 4.78 is 22.7. The monoisotopic (exact) mass is 283 g/mol. The average Bonchev–Trinajstić information content (AvgIpc) is 2.30. The number of carbonyl (C=O) groups excluding carboxylic acids is 1. The Hall–Kier alpha value is -1.70. The van der Waals surface area contributed by atoms with Gasteiger partial charge in [0.05, 0.1) is 10.9 Å². The molecule has 1 amide bonds. The van der Waals surface area contributed by atoms with E-state index in [1.807, 2.05) is 0 Å². The highest BCUT2D eigenvalue weighted by Crippen LogP contribution is 2.22. The first-order chi connectivity index (χ1) is 8.77. The molecule has 19 heavy (non-hydrogen) atoms. The van der Waals surface area contributed by atoms with Gasteiger partial charge in [0.15, 0.2) is 0 Å². The molecule has 0 radical (unpaired) electrons. The van der Waals surface area contributed by atoms with Gasteiger partial charge in [0, 0.05) is 5.69 Å². The van der Waals surface area contributed by atoms with Gasteiger partial charge in [-0.25, -0.2) is 13.6 Å². The zero-order valence-corrected chi connectivity index (χ0v) is 11.4. The van der Waals surface area contributed by atoms with Gasteiger partial charge in [-0.15, -0.1) is 6.58 Å². The number of sulfonamides is 1. The molecule has 0 saturated carbocycles. The molecule has 0 spiro atoms. The molecule has 1 aromatic rings. The van der Waals surface area contributed by atoms with Crippen LogP contribution in [0.25, 0.3) is 0 Å². The fourth-order valence-corrected chi connectivity index (χ4v) is 2.38. The van der Waals surface area contributed by atoms with Crippen molar-refractivity contribution < 1.29 is 13.2 Å². The smallest absolute Gasteiger partial charge is 0.241 e. The summed E-state index contributed by atoms with van der Waals surface area (Å²) in [4.78, 5) is 11.7. The summed E-state index contributed by atoms with van der Waals surface area (Å²) in [7, 11) is -3.82. The number of anilines is 1. The molecule has 0 aliphatic rings. The Morgan fingerprint density at radius 3 is 2.68 bits per heavy atom. The third kappa shape index (κ3) is 3.88. The maximum absolute atomic E-state index is 11.8. The second-order valence-electron chi connectivity index (χ2n) is 4.09. The van der Waals surface area contributed by atoms with Crippen LogP contribution in [0, 0.1) is 6.92 Å². The summed E-state index contributed by atoms with van der Waals surface area (Å²) in [5.41, 5.74) is 6.37. The van der Waals surface area contributed by atoms with E-state index in [1.165, 1.54) is 18.2 Å². The number of amides is 1. The van der Waals surface area contributed by atoms with Crippen molar-refractivity contribution >= 4 is 21.6 Å². The number of rotatable bonds is 5. The predicted molar refractivity (Wildman–Crippen MR) is 74.0 cm³/mol. The van der Waals surface area contributed by atoms with Crippen LogP contribution >= 0.6 is 0 Å². The van der Waals surface area contributed by atoms with Crippen LogP contribution in [-0.4, -0.2) is 20.4 Å². The molecule has 1 aromatic carbocycles. The van der Waals surface area contributed by atoms with Gasteiger partial charge in [0.2, 0.25) is 15.9 Å². The summed E-state index contributed by atoms with van der Waals surface area (Å²) in [6.07, 6.45) is 1.87. The molecule has 1 atom stereocenters. The molecule has 0 aliphatic heterocycles. The normalized spacial score (nSPS) is 12.8. The van der Waals surface area contributed by atoms with E-state index < -0.39 is 22.0 Å². The minimum atomic E-state index is -3.82. The van der Waals surface area contributed by atoms with Gasteiger partial charge in [0.1, 0.15) is 0 Å². The first-order valence-corrected chi connectivity index (χ1v) is 7.11. The van der Waals surface area contributed by atoms with Gasteiger partial charge in [-0.1, -0.05) is 12.1 Å². The third-order valence-corrected chi connectivity index (χ3v) is 3.66. The SMILES string of the molecule is C=CCC(N)C(=O)Nc1cccc(S(N)(=O)=O)c1C. The molecule has 0 saturated heterocycles. The van der Waals surface area contributed by atoms with Crippen LogP contribution in [0.5, 0.6) is 0 Å². The van der Waals surface area contributed by atoms with Crippen molar-refractivity contribution in [2.45, 2.75) is 24.3 Å². The van der Waals surface area contributed by atoms with E-state index in [-0.39, 0.29) is 4.90 Å². The van der Waals surface area contributed by atoms with E-state index >= 15 is 0 Å². The number of benzene rings is 1. The number of primary sulfonamides is 1. The maximum Gasteiger partial charge on any atom is 0.241 e. The Bertz CT molecular complexity index is 596. The lowest BCUT2D eigenvalue weighted by atomic mass is 10.1. The van der Waals surface area contributed by atoms with Crippen LogP contribution < -0.4 is 16.2 Å². The quantitative estimate of drug-likeness (QED) is 0.682. The van der Waals surface area contributed by atoms with Crippen LogP contribution in [0.4, 0.5) is 5.69 Å². The molecule has 1 unspecified atom stereocenters. The topological polar surface area (TPSA) is 115 Å². The largest absolute Gasteiger partial charge is 0.324 e. The Kier molecular flexibility index (Phi) is 4.82. The predicted octanol–water partition coefficient (Wildman–Crippen LogP) is 0.484. The van der Waals surface area contributed by atoms with E-state index in [4.69, 9.17) is 10.9 Å². The number of hydrogen-bond acceptors (Lipinski definition) is 4. The molecule has 0 bridgehead atoms. The average molecular weight is 283 g/mol. The molecule has 1 rings (SSSR count). The molecule has 0 heterocycles. The highest BCUT2D eigenvalue weighted by molar-refractivity contribution is 7.89. The van der Waals surface area contributed by atoms with E-state index in [2.05, 4.69) is 11.9 Å². The van der Waals surface area contributed by atoms with Gasteiger partial charge >= 0.3 is 0 Å². The van der Waals surface area contributed by atoms with Crippen molar-refractivity contribution in [1.29, 1.82) is 0 Å².